The molecule has 6 nitrogen and oxygen atoms in total. The number of hydrogen-bond acceptors (Lipinski definition) is 5. The topological polar surface area (TPSA) is 61.9 Å². The summed E-state index contributed by atoms with van der Waals surface area (Å²) in [6, 6.07) is 25.6. The van der Waals surface area contributed by atoms with Crippen molar-refractivity contribution in [1.82, 2.24) is 4.90 Å². The normalized spacial score (nSPS) is 18.4. The molecule has 2 atom stereocenters. The summed E-state index contributed by atoms with van der Waals surface area (Å²) in [6.45, 7) is 3.14. The number of nitrogens with one attached hydrogen (secondary N) is 1. The van der Waals surface area contributed by atoms with Crippen LogP contribution in [-0.4, -0.2) is 50.1 Å². The van der Waals surface area contributed by atoms with Gasteiger partial charge in [0.25, 0.3) is 0 Å². The van der Waals surface area contributed by atoms with E-state index in [1.807, 2.05) is 60.7 Å². The van der Waals surface area contributed by atoms with Gasteiger partial charge in [0.1, 0.15) is 6.04 Å². The zero-order valence-electron chi connectivity index (χ0n) is 19.3. The van der Waals surface area contributed by atoms with Crippen LogP contribution in [0.3, 0.4) is 0 Å². The Morgan fingerprint density at radius 2 is 1.56 bits per heavy atom. The number of esters is 1. The molecule has 174 valence electrons. The van der Waals surface area contributed by atoms with E-state index < -0.39 is 0 Å². The van der Waals surface area contributed by atoms with E-state index in [1.54, 1.807) is 0 Å². The van der Waals surface area contributed by atoms with Gasteiger partial charge in [-0.05, 0) is 47.4 Å². The smallest absolute Gasteiger partial charge is 0.327 e. The van der Waals surface area contributed by atoms with Crippen LogP contribution in [0.5, 0.6) is 0 Å². The highest BCUT2D eigenvalue weighted by Gasteiger charge is 2.32. The molecule has 3 aromatic carbocycles. The van der Waals surface area contributed by atoms with E-state index in [2.05, 4.69) is 33.3 Å². The zero-order valence-corrected chi connectivity index (χ0v) is 19.3. The van der Waals surface area contributed by atoms with Gasteiger partial charge in [-0.15, -0.1) is 0 Å². The third-order valence-corrected chi connectivity index (χ3v) is 6.89. The van der Waals surface area contributed by atoms with Gasteiger partial charge in [0, 0.05) is 37.6 Å². The first-order valence-electron chi connectivity index (χ1n) is 11.7. The van der Waals surface area contributed by atoms with E-state index in [1.165, 1.54) is 12.7 Å². The fourth-order valence-corrected chi connectivity index (χ4v) is 4.96. The van der Waals surface area contributed by atoms with Crippen molar-refractivity contribution in [3.8, 4) is 0 Å². The Bertz CT molecular complexity index is 1160. The van der Waals surface area contributed by atoms with Crippen LogP contribution in [0, 0.1) is 0 Å². The second-order valence-corrected chi connectivity index (χ2v) is 8.85. The highest BCUT2D eigenvalue weighted by Crippen LogP contribution is 2.35. The van der Waals surface area contributed by atoms with Crippen LogP contribution < -0.4 is 10.2 Å². The minimum absolute atomic E-state index is 0.0508. The van der Waals surface area contributed by atoms with Gasteiger partial charge in [-0.2, -0.15) is 0 Å². The molecule has 34 heavy (non-hydrogen) atoms. The van der Waals surface area contributed by atoms with Crippen molar-refractivity contribution in [2.45, 2.75) is 18.4 Å². The summed E-state index contributed by atoms with van der Waals surface area (Å²) in [7, 11) is 1.44. The molecule has 0 spiro atoms. The summed E-state index contributed by atoms with van der Waals surface area (Å²) >= 11 is 0. The van der Waals surface area contributed by atoms with Gasteiger partial charge in [-0.3, -0.25) is 9.69 Å². The van der Waals surface area contributed by atoms with E-state index >= 15 is 0 Å². The molecule has 0 saturated carbocycles. The van der Waals surface area contributed by atoms with Crippen LogP contribution in [-0.2, 0) is 20.7 Å². The number of piperazine rings is 1. The molecule has 1 aliphatic heterocycles. The molecule has 1 heterocycles. The fourth-order valence-electron chi connectivity index (χ4n) is 4.96. The number of nitrogens with zero attached hydrogens (tertiary/aromatic N) is 2. The molecular weight excluding hydrogens is 426 g/mol. The number of carbonyl (C=O) groups is 2. The van der Waals surface area contributed by atoms with Crippen LogP contribution in [0.4, 0.5) is 11.4 Å². The van der Waals surface area contributed by atoms with Crippen LogP contribution in [0.2, 0.25) is 0 Å². The van der Waals surface area contributed by atoms with Crippen molar-refractivity contribution in [1.29, 1.82) is 0 Å². The number of carbonyl (C=O) groups excluding carboxylic acids is 2. The lowest BCUT2D eigenvalue weighted by Gasteiger charge is -2.39. The predicted octanol–water partition coefficient (Wildman–Crippen LogP) is 4.00. The second kappa shape index (κ2) is 9.69. The first-order valence-corrected chi connectivity index (χ1v) is 11.7. The van der Waals surface area contributed by atoms with E-state index in [0.29, 0.717) is 0 Å². The number of ether oxygens (including phenoxy) is 1. The SMILES string of the molecule is COC(=O)C(c1ccccc1)N1CCN(c2ccc(NC(=O)C3Cc4ccccc43)cc2)CC1. The third-order valence-electron chi connectivity index (χ3n) is 6.89. The maximum atomic E-state index is 12.7. The summed E-state index contributed by atoms with van der Waals surface area (Å²) in [6.07, 6.45) is 0.805. The van der Waals surface area contributed by atoms with Crippen molar-refractivity contribution in [2.24, 2.45) is 0 Å². The average Bonchev–Trinajstić information content (AvgIpc) is 2.86. The molecule has 0 bridgehead atoms. The zero-order chi connectivity index (χ0) is 23.5. The summed E-state index contributed by atoms with van der Waals surface area (Å²) in [5.74, 6) is -0.236. The minimum Gasteiger partial charge on any atom is -0.468 e. The van der Waals surface area contributed by atoms with Crippen LogP contribution in [0.1, 0.15) is 28.7 Å². The Labute approximate surface area is 200 Å². The standard InChI is InChI=1S/C28H29N3O3/c1-34-28(33)26(20-7-3-2-4-8-20)31-17-15-30(16-18-31)23-13-11-22(12-14-23)29-27(32)25-19-21-9-5-6-10-24(21)25/h2-14,25-26H,15-19H2,1H3,(H,29,32). The molecule has 3 aromatic rings. The number of benzene rings is 3. The maximum Gasteiger partial charge on any atom is 0.327 e. The highest BCUT2D eigenvalue weighted by atomic mass is 16.5. The van der Waals surface area contributed by atoms with Gasteiger partial charge in [-0.1, -0.05) is 54.6 Å². The maximum absolute atomic E-state index is 12.7. The molecule has 5 rings (SSSR count). The Kier molecular flexibility index (Phi) is 6.32. The van der Waals surface area contributed by atoms with Crippen LogP contribution in [0.25, 0.3) is 0 Å². The number of methoxy groups -OCH3 is 1. The van der Waals surface area contributed by atoms with E-state index in [9.17, 15) is 9.59 Å². The molecule has 1 fully saturated rings. The largest absolute Gasteiger partial charge is 0.468 e. The average molecular weight is 456 g/mol. The Morgan fingerprint density at radius 1 is 0.882 bits per heavy atom. The molecular formula is C28H29N3O3. The number of anilines is 2. The Hall–Kier alpha value is -3.64. The molecule has 0 radical (unpaired) electrons. The summed E-state index contributed by atoms with van der Waals surface area (Å²) in [4.78, 5) is 29.7. The molecule has 1 N–H and O–H groups in total. The molecule has 6 heteroatoms. The lowest BCUT2D eigenvalue weighted by molar-refractivity contribution is -0.147. The van der Waals surface area contributed by atoms with Gasteiger partial charge in [-0.25, -0.2) is 4.79 Å². The fraction of sp³-hybridized carbons (Fsp3) is 0.286. The van der Waals surface area contributed by atoms with E-state index in [4.69, 9.17) is 4.74 Å². The van der Waals surface area contributed by atoms with Crippen molar-refractivity contribution in [3.63, 3.8) is 0 Å². The monoisotopic (exact) mass is 455 g/mol. The minimum atomic E-state index is -0.387. The molecule has 1 saturated heterocycles. The molecule has 2 unspecified atom stereocenters. The predicted molar refractivity (Wildman–Crippen MR) is 133 cm³/mol. The lowest BCUT2D eigenvalue weighted by atomic mass is 9.77. The first kappa shape index (κ1) is 22.2. The van der Waals surface area contributed by atoms with Gasteiger partial charge in [0.2, 0.25) is 5.91 Å². The summed E-state index contributed by atoms with van der Waals surface area (Å²) in [5.41, 5.74) is 5.28. The molecule has 1 aliphatic carbocycles. The highest BCUT2D eigenvalue weighted by molar-refractivity contribution is 5.97. The third kappa shape index (κ3) is 4.41. The Balaban J connectivity index is 1.19. The van der Waals surface area contributed by atoms with Gasteiger partial charge >= 0.3 is 5.97 Å². The number of amides is 1. The number of rotatable bonds is 6. The van der Waals surface area contributed by atoms with Crippen molar-refractivity contribution in [2.75, 3.05) is 43.5 Å². The Morgan fingerprint density at radius 3 is 2.24 bits per heavy atom. The van der Waals surface area contributed by atoms with Crippen LogP contribution in [0.15, 0.2) is 78.9 Å². The number of hydrogen-bond donors (Lipinski definition) is 1. The van der Waals surface area contributed by atoms with Crippen molar-refractivity contribution in [3.05, 3.63) is 95.6 Å². The molecule has 2 aliphatic rings. The van der Waals surface area contributed by atoms with Gasteiger partial charge < -0.3 is 15.0 Å². The molecule has 0 aromatic heterocycles. The van der Waals surface area contributed by atoms with E-state index in [-0.39, 0.29) is 23.8 Å². The van der Waals surface area contributed by atoms with E-state index in [0.717, 1.165) is 55.1 Å². The summed E-state index contributed by atoms with van der Waals surface area (Å²) < 4.78 is 5.10. The van der Waals surface area contributed by atoms with Crippen LogP contribution >= 0.6 is 0 Å². The van der Waals surface area contributed by atoms with Gasteiger partial charge in [0.15, 0.2) is 0 Å². The first-order chi connectivity index (χ1) is 16.6. The lowest BCUT2D eigenvalue weighted by Crippen LogP contribution is -2.49. The second-order valence-electron chi connectivity index (χ2n) is 8.85. The summed E-state index contributed by atoms with van der Waals surface area (Å²) in [5, 5.41) is 3.06. The number of fused-ring (bicyclic) bond motifs is 1. The molecule has 1 amide bonds. The quantitative estimate of drug-likeness (QED) is 0.570. The van der Waals surface area contributed by atoms with Gasteiger partial charge in [0.05, 0.1) is 13.0 Å². The van der Waals surface area contributed by atoms with Crippen molar-refractivity contribution >= 4 is 23.3 Å². The van der Waals surface area contributed by atoms with Crippen molar-refractivity contribution < 1.29 is 14.3 Å².